The lowest BCUT2D eigenvalue weighted by atomic mass is 9.94. The van der Waals surface area contributed by atoms with Crippen LogP contribution in [0, 0.1) is 5.92 Å². The van der Waals surface area contributed by atoms with Crippen LogP contribution in [0.1, 0.15) is 37.0 Å². The van der Waals surface area contributed by atoms with Crippen LogP contribution < -0.4 is 11.1 Å². The van der Waals surface area contributed by atoms with Gasteiger partial charge in [0, 0.05) is 56.1 Å². The molecule has 0 bridgehead atoms. The summed E-state index contributed by atoms with van der Waals surface area (Å²) in [6.45, 7) is 5.13. The van der Waals surface area contributed by atoms with Crippen LogP contribution in [0.5, 0.6) is 5.75 Å². The number of aromatic nitrogens is 1. The number of aromatic amines is 1. The molecule has 4 amide bonds. The molecule has 2 fully saturated rings. The Morgan fingerprint density at radius 1 is 0.840 bits per heavy atom. The van der Waals surface area contributed by atoms with Crippen molar-refractivity contribution in [3.05, 3.63) is 102 Å². The largest absolute Gasteiger partial charge is 0.508 e. The molecule has 2 saturated heterocycles. The fourth-order valence-electron chi connectivity index (χ4n) is 7.38. The molecule has 262 valence electrons. The lowest BCUT2D eigenvalue weighted by molar-refractivity contribution is -0.160. The summed E-state index contributed by atoms with van der Waals surface area (Å²) < 4.78 is 0. The Hall–Kier alpha value is -5.16. The number of para-hydroxylation sites is 1. The monoisotopic (exact) mass is 678 g/mol. The molecule has 11 nitrogen and oxygen atoms in total. The zero-order valence-corrected chi connectivity index (χ0v) is 28.6. The van der Waals surface area contributed by atoms with Crippen molar-refractivity contribution in [1.29, 1.82) is 0 Å². The summed E-state index contributed by atoms with van der Waals surface area (Å²) >= 11 is 0. The quantitative estimate of drug-likeness (QED) is 0.181. The van der Waals surface area contributed by atoms with Crippen LogP contribution in [0.15, 0.2) is 85.1 Å². The van der Waals surface area contributed by atoms with Gasteiger partial charge in [0.2, 0.25) is 23.6 Å². The van der Waals surface area contributed by atoms with E-state index in [-0.39, 0.29) is 55.3 Å². The highest BCUT2D eigenvalue weighted by molar-refractivity contribution is 5.96. The van der Waals surface area contributed by atoms with Gasteiger partial charge >= 0.3 is 0 Å². The molecular weight excluding hydrogens is 632 g/mol. The molecule has 50 heavy (non-hydrogen) atoms. The fraction of sp³-hybridized carbons (Fsp3) is 0.385. The molecule has 11 heteroatoms. The molecular formula is C39H46N6O5. The molecule has 3 heterocycles. The number of nitrogens with one attached hydrogen (secondary N) is 2. The topological polar surface area (TPSA) is 152 Å². The maximum atomic E-state index is 15.1. The van der Waals surface area contributed by atoms with Gasteiger partial charge in [-0.2, -0.15) is 0 Å². The van der Waals surface area contributed by atoms with Crippen molar-refractivity contribution >= 4 is 34.5 Å². The number of nitrogens with zero attached hydrogens (tertiary/aromatic N) is 3. The van der Waals surface area contributed by atoms with Crippen molar-refractivity contribution in [1.82, 2.24) is 25.0 Å². The van der Waals surface area contributed by atoms with E-state index in [0.717, 1.165) is 27.6 Å². The molecule has 0 spiro atoms. The summed E-state index contributed by atoms with van der Waals surface area (Å²) in [5.74, 6) is -1.11. The molecule has 4 aromatic rings. The Labute approximate surface area is 292 Å². The SMILES string of the molecule is CC(C)C[C@@H](C(N)=O)N1CCN(C(=O)[C@H](Cc2c[nH]c3ccccc23)N2CCN[C@@H](Cc3ccc(O)cc3)C2=O)[C@@H](Cc2ccccc2)C1=O. The summed E-state index contributed by atoms with van der Waals surface area (Å²) in [5, 5.41) is 14.1. The Balaban J connectivity index is 1.35. The molecule has 1 aromatic heterocycles. The van der Waals surface area contributed by atoms with Gasteiger partial charge in [-0.25, -0.2) is 0 Å². The highest BCUT2D eigenvalue weighted by Crippen LogP contribution is 2.27. The van der Waals surface area contributed by atoms with Gasteiger partial charge in [-0.05, 0) is 53.6 Å². The lowest BCUT2D eigenvalue weighted by Gasteiger charge is -2.46. The minimum atomic E-state index is -0.885. The van der Waals surface area contributed by atoms with E-state index in [9.17, 15) is 19.5 Å². The van der Waals surface area contributed by atoms with Crippen LogP contribution in [0.4, 0.5) is 0 Å². The Bertz CT molecular complexity index is 1820. The second-order valence-electron chi connectivity index (χ2n) is 13.8. The number of rotatable bonds is 12. The number of nitrogens with two attached hydrogens (primary N) is 1. The van der Waals surface area contributed by atoms with Crippen LogP contribution in [-0.2, 0) is 38.4 Å². The van der Waals surface area contributed by atoms with Gasteiger partial charge in [0.15, 0.2) is 0 Å². The average Bonchev–Trinajstić information content (AvgIpc) is 3.52. The highest BCUT2D eigenvalue weighted by atomic mass is 16.3. The number of carbonyl (C=O) groups is 4. The molecule has 0 unspecified atom stereocenters. The molecule has 6 rings (SSSR count). The standard InChI is InChI=1S/C39H46N6O5/c1-25(2)20-33(36(40)47)44-18-19-45(34(38(44)49)22-26-8-4-3-5-9-26)39(50)35(23-28-24-42-31-11-7-6-10-30(28)31)43-17-16-41-32(37(43)48)21-27-12-14-29(46)15-13-27/h3-15,24-25,32-35,41-42,46H,16-23H2,1-2H3,(H2,40,47)/t32-,33-,34-,35-/m0/s1. The normalized spacial score (nSPS) is 19.6. The molecule has 3 aromatic carbocycles. The molecule has 2 aliphatic rings. The first kappa shape index (κ1) is 34.7. The minimum Gasteiger partial charge on any atom is -0.508 e. The summed E-state index contributed by atoms with van der Waals surface area (Å²) in [6.07, 6.45) is 3.22. The lowest BCUT2D eigenvalue weighted by Crippen LogP contribution is -2.67. The van der Waals surface area contributed by atoms with Crippen LogP contribution in [0.3, 0.4) is 0 Å². The van der Waals surface area contributed by atoms with Crippen LogP contribution in [0.25, 0.3) is 10.9 Å². The van der Waals surface area contributed by atoms with Gasteiger partial charge in [0.1, 0.15) is 23.9 Å². The Kier molecular flexibility index (Phi) is 10.5. The number of hydrogen-bond donors (Lipinski definition) is 4. The van der Waals surface area contributed by atoms with E-state index in [0.29, 0.717) is 25.9 Å². The van der Waals surface area contributed by atoms with Gasteiger partial charge in [0.25, 0.3) is 0 Å². The molecule has 0 radical (unpaired) electrons. The van der Waals surface area contributed by atoms with E-state index >= 15 is 4.79 Å². The highest BCUT2D eigenvalue weighted by Gasteiger charge is 2.46. The first-order chi connectivity index (χ1) is 24.1. The number of hydrogen-bond acceptors (Lipinski definition) is 6. The first-order valence-corrected chi connectivity index (χ1v) is 17.4. The third-order valence-corrected chi connectivity index (χ3v) is 9.93. The van der Waals surface area contributed by atoms with Gasteiger partial charge < -0.3 is 35.8 Å². The fourth-order valence-corrected chi connectivity index (χ4v) is 7.38. The molecule has 0 aliphatic carbocycles. The number of phenolic OH excluding ortho intramolecular Hbond substituents is 1. The number of fused-ring (bicyclic) bond motifs is 1. The number of amides is 4. The van der Waals surface area contributed by atoms with Crippen molar-refractivity contribution < 1.29 is 24.3 Å². The van der Waals surface area contributed by atoms with E-state index < -0.39 is 30.1 Å². The Morgan fingerprint density at radius 2 is 1.52 bits per heavy atom. The smallest absolute Gasteiger partial charge is 0.246 e. The number of carbonyl (C=O) groups excluding carboxylic acids is 4. The van der Waals surface area contributed by atoms with E-state index in [2.05, 4.69) is 10.3 Å². The van der Waals surface area contributed by atoms with E-state index in [1.807, 2.05) is 74.6 Å². The molecule has 5 N–H and O–H groups in total. The van der Waals surface area contributed by atoms with Crippen LogP contribution in [-0.4, -0.2) is 98.8 Å². The minimum absolute atomic E-state index is 0.126. The van der Waals surface area contributed by atoms with Crippen LogP contribution in [0.2, 0.25) is 0 Å². The maximum absolute atomic E-state index is 15.1. The predicted molar refractivity (Wildman–Crippen MR) is 191 cm³/mol. The van der Waals surface area contributed by atoms with Gasteiger partial charge in [0.05, 0.1) is 6.04 Å². The van der Waals surface area contributed by atoms with Gasteiger partial charge in [-0.15, -0.1) is 0 Å². The van der Waals surface area contributed by atoms with Crippen molar-refractivity contribution in [3.63, 3.8) is 0 Å². The first-order valence-electron chi connectivity index (χ1n) is 17.4. The summed E-state index contributed by atoms with van der Waals surface area (Å²) in [4.78, 5) is 64.6. The number of piperazine rings is 2. The maximum Gasteiger partial charge on any atom is 0.246 e. The predicted octanol–water partition coefficient (Wildman–Crippen LogP) is 3.01. The van der Waals surface area contributed by atoms with E-state index in [1.54, 1.807) is 39.0 Å². The zero-order valence-electron chi connectivity index (χ0n) is 28.6. The van der Waals surface area contributed by atoms with Crippen molar-refractivity contribution in [2.75, 3.05) is 26.2 Å². The van der Waals surface area contributed by atoms with E-state index in [1.165, 1.54) is 0 Å². The van der Waals surface area contributed by atoms with Crippen LogP contribution >= 0.6 is 0 Å². The second-order valence-corrected chi connectivity index (χ2v) is 13.8. The van der Waals surface area contributed by atoms with Gasteiger partial charge in [-0.1, -0.05) is 74.5 Å². The molecule has 4 atom stereocenters. The van der Waals surface area contributed by atoms with Crippen molar-refractivity contribution in [2.24, 2.45) is 11.7 Å². The third kappa shape index (κ3) is 7.52. The Morgan fingerprint density at radius 3 is 2.24 bits per heavy atom. The number of aromatic hydroxyl groups is 1. The summed E-state index contributed by atoms with van der Waals surface area (Å²) in [5.41, 5.74) is 9.44. The number of benzene rings is 3. The van der Waals surface area contributed by atoms with Crippen molar-refractivity contribution in [3.8, 4) is 5.75 Å². The summed E-state index contributed by atoms with van der Waals surface area (Å²) in [7, 11) is 0. The van der Waals surface area contributed by atoms with E-state index in [4.69, 9.17) is 5.73 Å². The zero-order chi connectivity index (χ0) is 35.4. The summed E-state index contributed by atoms with van der Waals surface area (Å²) in [6, 6.07) is 21.0. The third-order valence-electron chi connectivity index (χ3n) is 9.93. The molecule has 0 saturated carbocycles. The average molecular weight is 679 g/mol. The number of H-pyrrole nitrogens is 1. The number of primary amides is 1. The number of phenols is 1. The second kappa shape index (κ2) is 15.2. The van der Waals surface area contributed by atoms with Crippen molar-refractivity contribution in [2.45, 2.75) is 63.7 Å². The van der Waals surface area contributed by atoms with Gasteiger partial charge in [-0.3, -0.25) is 19.2 Å². The molecule has 2 aliphatic heterocycles.